The largest absolute Gasteiger partial charge is 0.354 e. The Balaban J connectivity index is 1.59. The van der Waals surface area contributed by atoms with E-state index in [1.165, 1.54) is 11.1 Å². The highest BCUT2D eigenvalue weighted by Gasteiger charge is 2.20. The van der Waals surface area contributed by atoms with Gasteiger partial charge in [-0.05, 0) is 25.5 Å². The Kier molecular flexibility index (Phi) is 4.76. The minimum atomic E-state index is 0.771. The molecule has 5 nitrogen and oxygen atoms in total. The molecule has 0 unspecified atom stereocenters. The van der Waals surface area contributed by atoms with Crippen LogP contribution in [0.5, 0.6) is 0 Å². The fourth-order valence-electron chi connectivity index (χ4n) is 3.11. The minimum Gasteiger partial charge on any atom is -0.354 e. The number of aryl methyl sites for hydroxylation is 2. The predicted octanol–water partition coefficient (Wildman–Crippen LogP) is 2.40. The van der Waals surface area contributed by atoms with Gasteiger partial charge in [0.05, 0.1) is 12.2 Å². The van der Waals surface area contributed by atoms with Gasteiger partial charge in [-0.1, -0.05) is 12.1 Å². The highest BCUT2D eigenvalue weighted by Crippen LogP contribution is 2.19. The van der Waals surface area contributed by atoms with Crippen molar-refractivity contribution in [3.63, 3.8) is 0 Å². The SMILES string of the molecule is C=CCn1cc(CN2CCN(c3ncccc3C)CC2)c(C)n1. The Bertz CT molecular complexity index is 668. The third kappa shape index (κ3) is 3.62. The summed E-state index contributed by atoms with van der Waals surface area (Å²) >= 11 is 0. The summed E-state index contributed by atoms with van der Waals surface area (Å²) in [5.74, 6) is 1.13. The van der Waals surface area contributed by atoms with Crippen LogP contribution in [0, 0.1) is 13.8 Å². The Morgan fingerprint density at radius 1 is 1.22 bits per heavy atom. The first-order chi connectivity index (χ1) is 11.2. The van der Waals surface area contributed by atoms with Gasteiger partial charge in [0, 0.05) is 50.7 Å². The monoisotopic (exact) mass is 311 g/mol. The summed E-state index contributed by atoms with van der Waals surface area (Å²) in [5, 5.41) is 4.54. The molecule has 0 N–H and O–H groups in total. The van der Waals surface area contributed by atoms with Crippen molar-refractivity contribution in [2.75, 3.05) is 31.1 Å². The van der Waals surface area contributed by atoms with Crippen molar-refractivity contribution in [3.8, 4) is 0 Å². The molecule has 1 saturated heterocycles. The molecular weight excluding hydrogens is 286 g/mol. The maximum Gasteiger partial charge on any atom is 0.131 e. The lowest BCUT2D eigenvalue weighted by molar-refractivity contribution is 0.248. The maximum absolute atomic E-state index is 4.54. The van der Waals surface area contributed by atoms with E-state index in [-0.39, 0.29) is 0 Å². The van der Waals surface area contributed by atoms with E-state index in [9.17, 15) is 0 Å². The van der Waals surface area contributed by atoms with Gasteiger partial charge in [0.1, 0.15) is 5.82 Å². The van der Waals surface area contributed by atoms with Gasteiger partial charge in [-0.25, -0.2) is 4.98 Å². The lowest BCUT2D eigenvalue weighted by Gasteiger charge is -2.35. The van der Waals surface area contributed by atoms with Crippen molar-refractivity contribution >= 4 is 5.82 Å². The molecule has 3 heterocycles. The molecule has 1 aliphatic heterocycles. The van der Waals surface area contributed by atoms with Crippen LogP contribution in [0.4, 0.5) is 5.82 Å². The summed E-state index contributed by atoms with van der Waals surface area (Å²) < 4.78 is 1.96. The molecule has 23 heavy (non-hydrogen) atoms. The van der Waals surface area contributed by atoms with Crippen LogP contribution in [0.2, 0.25) is 0 Å². The van der Waals surface area contributed by atoms with Crippen LogP contribution >= 0.6 is 0 Å². The first kappa shape index (κ1) is 15.7. The number of hydrogen-bond donors (Lipinski definition) is 0. The van der Waals surface area contributed by atoms with Crippen molar-refractivity contribution in [3.05, 3.63) is 54.0 Å². The number of piperazine rings is 1. The Labute approximate surface area is 138 Å². The molecular formula is C18H25N5. The van der Waals surface area contributed by atoms with Crippen molar-refractivity contribution < 1.29 is 0 Å². The van der Waals surface area contributed by atoms with Crippen molar-refractivity contribution in [1.29, 1.82) is 0 Å². The standard InChI is InChI=1S/C18H25N5/c1-4-8-23-14-17(16(3)20-23)13-21-9-11-22(12-10-21)18-15(2)6-5-7-19-18/h4-7,14H,1,8-13H2,2-3H3. The van der Waals surface area contributed by atoms with Gasteiger partial charge < -0.3 is 4.90 Å². The normalized spacial score (nSPS) is 15.8. The molecule has 1 aliphatic rings. The van der Waals surface area contributed by atoms with E-state index in [1.807, 2.05) is 23.0 Å². The predicted molar refractivity (Wildman–Crippen MR) is 93.6 cm³/mol. The molecule has 0 radical (unpaired) electrons. The molecule has 0 atom stereocenters. The van der Waals surface area contributed by atoms with E-state index in [0.717, 1.165) is 50.8 Å². The molecule has 0 amide bonds. The van der Waals surface area contributed by atoms with Gasteiger partial charge in [0.15, 0.2) is 0 Å². The summed E-state index contributed by atoms with van der Waals surface area (Å²) in [7, 11) is 0. The highest BCUT2D eigenvalue weighted by atomic mass is 15.3. The number of hydrogen-bond acceptors (Lipinski definition) is 4. The second-order valence-electron chi connectivity index (χ2n) is 6.16. The van der Waals surface area contributed by atoms with E-state index in [1.54, 1.807) is 0 Å². The third-order valence-corrected chi connectivity index (χ3v) is 4.41. The van der Waals surface area contributed by atoms with Gasteiger partial charge in [0.2, 0.25) is 0 Å². The highest BCUT2D eigenvalue weighted by molar-refractivity contribution is 5.46. The molecule has 0 aromatic carbocycles. The van der Waals surface area contributed by atoms with Crippen molar-refractivity contribution in [2.24, 2.45) is 0 Å². The zero-order chi connectivity index (χ0) is 16.2. The number of nitrogens with zero attached hydrogens (tertiary/aromatic N) is 5. The van der Waals surface area contributed by atoms with Gasteiger partial charge in [-0.15, -0.1) is 6.58 Å². The van der Waals surface area contributed by atoms with E-state index in [4.69, 9.17) is 0 Å². The molecule has 1 fully saturated rings. The molecule has 2 aromatic rings. The summed E-state index contributed by atoms with van der Waals surface area (Å²) in [6, 6.07) is 4.13. The van der Waals surface area contributed by atoms with Crippen LogP contribution in [-0.2, 0) is 13.1 Å². The van der Waals surface area contributed by atoms with E-state index < -0.39 is 0 Å². The average Bonchev–Trinajstić information content (AvgIpc) is 2.89. The van der Waals surface area contributed by atoms with Gasteiger partial charge >= 0.3 is 0 Å². The van der Waals surface area contributed by atoms with E-state index in [0.29, 0.717) is 0 Å². The molecule has 5 heteroatoms. The Morgan fingerprint density at radius 2 is 2.00 bits per heavy atom. The van der Waals surface area contributed by atoms with Gasteiger partial charge in [0.25, 0.3) is 0 Å². The van der Waals surface area contributed by atoms with E-state index >= 15 is 0 Å². The summed E-state index contributed by atoms with van der Waals surface area (Å²) in [6.45, 7) is 13.9. The van der Waals surface area contributed by atoms with Crippen LogP contribution < -0.4 is 4.90 Å². The number of anilines is 1. The smallest absolute Gasteiger partial charge is 0.131 e. The lowest BCUT2D eigenvalue weighted by atomic mass is 10.2. The van der Waals surface area contributed by atoms with Crippen molar-refractivity contribution in [2.45, 2.75) is 26.9 Å². The second kappa shape index (κ2) is 6.96. The van der Waals surface area contributed by atoms with E-state index in [2.05, 4.69) is 52.6 Å². The Morgan fingerprint density at radius 3 is 2.70 bits per heavy atom. The molecule has 0 spiro atoms. The number of allylic oxidation sites excluding steroid dienone is 1. The fourth-order valence-corrected chi connectivity index (χ4v) is 3.11. The van der Waals surface area contributed by atoms with Crippen molar-refractivity contribution in [1.82, 2.24) is 19.7 Å². The zero-order valence-electron chi connectivity index (χ0n) is 14.1. The average molecular weight is 311 g/mol. The van der Waals surface area contributed by atoms with Crippen LogP contribution in [0.15, 0.2) is 37.2 Å². The topological polar surface area (TPSA) is 37.2 Å². The number of pyridine rings is 1. The lowest BCUT2D eigenvalue weighted by Crippen LogP contribution is -2.46. The maximum atomic E-state index is 4.54. The molecule has 122 valence electrons. The minimum absolute atomic E-state index is 0.771. The van der Waals surface area contributed by atoms with Crippen LogP contribution in [-0.4, -0.2) is 45.8 Å². The quantitative estimate of drug-likeness (QED) is 0.795. The Hall–Kier alpha value is -2.14. The molecule has 0 saturated carbocycles. The van der Waals surface area contributed by atoms with Crippen LogP contribution in [0.3, 0.4) is 0 Å². The van der Waals surface area contributed by atoms with Gasteiger partial charge in [-0.2, -0.15) is 5.10 Å². The van der Waals surface area contributed by atoms with Gasteiger partial charge in [-0.3, -0.25) is 9.58 Å². The fraction of sp³-hybridized carbons (Fsp3) is 0.444. The zero-order valence-corrected chi connectivity index (χ0v) is 14.1. The molecule has 3 rings (SSSR count). The number of rotatable bonds is 5. The first-order valence-corrected chi connectivity index (χ1v) is 8.20. The molecule has 0 bridgehead atoms. The van der Waals surface area contributed by atoms with Crippen LogP contribution in [0.1, 0.15) is 16.8 Å². The summed E-state index contributed by atoms with van der Waals surface area (Å²) in [4.78, 5) is 9.42. The third-order valence-electron chi connectivity index (χ3n) is 4.41. The first-order valence-electron chi connectivity index (χ1n) is 8.20. The summed E-state index contributed by atoms with van der Waals surface area (Å²) in [6.07, 6.45) is 5.91. The molecule has 0 aliphatic carbocycles. The van der Waals surface area contributed by atoms with Crippen LogP contribution in [0.25, 0.3) is 0 Å². The second-order valence-corrected chi connectivity index (χ2v) is 6.16. The number of aromatic nitrogens is 3. The summed E-state index contributed by atoms with van der Waals surface area (Å²) in [5.41, 5.74) is 3.69. The molecule has 2 aromatic heterocycles.